The smallest absolute Gasteiger partial charge is 0.133 e. The first kappa shape index (κ1) is 13.4. The maximum atomic E-state index is 11.5. The first-order valence-corrected chi connectivity index (χ1v) is 5.58. The van der Waals surface area contributed by atoms with Gasteiger partial charge in [-0.1, -0.05) is 33.3 Å². The molecule has 1 heteroatoms. The topological polar surface area (TPSA) is 17.1 Å². The van der Waals surface area contributed by atoms with Crippen molar-refractivity contribution >= 4 is 5.78 Å². The van der Waals surface area contributed by atoms with Gasteiger partial charge < -0.3 is 0 Å². The lowest BCUT2D eigenvalue weighted by Gasteiger charge is -2.16. The molecule has 0 aromatic carbocycles. The SMILES string of the molecule is C=CCCCCCC(=O)CC(C)(C)C. The van der Waals surface area contributed by atoms with Crippen LogP contribution in [-0.2, 0) is 4.79 Å². The highest BCUT2D eigenvalue weighted by Gasteiger charge is 2.14. The molecule has 0 atom stereocenters. The Morgan fingerprint density at radius 1 is 1.21 bits per heavy atom. The lowest BCUT2D eigenvalue weighted by molar-refractivity contribution is -0.120. The van der Waals surface area contributed by atoms with E-state index in [0.29, 0.717) is 12.2 Å². The molecular weight excluding hydrogens is 172 g/mol. The molecule has 0 aliphatic carbocycles. The Morgan fingerprint density at radius 3 is 2.36 bits per heavy atom. The van der Waals surface area contributed by atoms with Crippen LogP contribution in [0.25, 0.3) is 0 Å². The Balaban J connectivity index is 3.41. The summed E-state index contributed by atoms with van der Waals surface area (Å²) in [6.07, 6.45) is 7.87. The molecule has 0 unspecified atom stereocenters. The van der Waals surface area contributed by atoms with Gasteiger partial charge in [-0.05, 0) is 24.7 Å². The molecule has 0 aromatic rings. The zero-order valence-electron chi connectivity index (χ0n) is 9.94. The average Bonchev–Trinajstić information content (AvgIpc) is 2.00. The van der Waals surface area contributed by atoms with Crippen LogP contribution in [0.1, 0.15) is 59.3 Å². The van der Waals surface area contributed by atoms with E-state index in [0.717, 1.165) is 25.7 Å². The van der Waals surface area contributed by atoms with Gasteiger partial charge in [0.15, 0.2) is 0 Å². The van der Waals surface area contributed by atoms with Gasteiger partial charge in [-0.15, -0.1) is 6.58 Å². The Labute approximate surface area is 88.6 Å². The second-order valence-electron chi connectivity index (χ2n) is 5.16. The highest BCUT2D eigenvalue weighted by molar-refractivity contribution is 5.78. The molecule has 0 spiro atoms. The van der Waals surface area contributed by atoms with Crippen LogP contribution in [0.5, 0.6) is 0 Å². The van der Waals surface area contributed by atoms with Crippen LogP contribution in [0.2, 0.25) is 0 Å². The number of carbonyl (C=O) groups excluding carboxylic acids is 1. The number of carbonyl (C=O) groups is 1. The second-order valence-corrected chi connectivity index (χ2v) is 5.16. The minimum atomic E-state index is 0.151. The van der Waals surface area contributed by atoms with Crippen molar-refractivity contribution in [2.75, 3.05) is 0 Å². The van der Waals surface area contributed by atoms with Crippen LogP contribution in [0.3, 0.4) is 0 Å². The van der Waals surface area contributed by atoms with E-state index in [4.69, 9.17) is 0 Å². The number of Topliss-reactive ketones (excluding diaryl/α,β-unsaturated/α-hetero) is 1. The van der Waals surface area contributed by atoms with E-state index < -0.39 is 0 Å². The predicted octanol–water partition coefficient (Wildman–Crippen LogP) is 4.13. The van der Waals surface area contributed by atoms with Crippen LogP contribution >= 0.6 is 0 Å². The van der Waals surface area contributed by atoms with E-state index in [-0.39, 0.29) is 5.41 Å². The summed E-state index contributed by atoms with van der Waals surface area (Å²) in [6.45, 7) is 10.0. The Hall–Kier alpha value is -0.590. The lowest BCUT2D eigenvalue weighted by atomic mass is 9.88. The molecule has 0 saturated heterocycles. The van der Waals surface area contributed by atoms with Crippen molar-refractivity contribution in [2.45, 2.75) is 59.3 Å². The maximum Gasteiger partial charge on any atom is 0.133 e. The largest absolute Gasteiger partial charge is 0.300 e. The van der Waals surface area contributed by atoms with Gasteiger partial charge in [0.2, 0.25) is 0 Å². The minimum absolute atomic E-state index is 0.151. The first-order chi connectivity index (χ1) is 6.45. The zero-order chi connectivity index (χ0) is 11.0. The number of ketones is 1. The number of hydrogen-bond acceptors (Lipinski definition) is 1. The molecule has 0 fully saturated rings. The molecule has 0 radical (unpaired) electrons. The zero-order valence-corrected chi connectivity index (χ0v) is 9.94. The van der Waals surface area contributed by atoms with Crippen molar-refractivity contribution in [3.63, 3.8) is 0 Å². The van der Waals surface area contributed by atoms with Gasteiger partial charge in [-0.25, -0.2) is 0 Å². The van der Waals surface area contributed by atoms with Crippen molar-refractivity contribution in [1.29, 1.82) is 0 Å². The van der Waals surface area contributed by atoms with Crippen molar-refractivity contribution < 1.29 is 4.79 Å². The molecule has 0 N–H and O–H groups in total. The summed E-state index contributed by atoms with van der Waals surface area (Å²) in [6, 6.07) is 0. The van der Waals surface area contributed by atoms with E-state index in [1.807, 2.05) is 6.08 Å². The maximum absolute atomic E-state index is 11.5. The monoisotopic (exact) mass is 196 g/mol. The number of rotatable bonds is 7. The summed E-state index contributed by atoms with van der Waals surface area (Å²) in [5, 5.41) is 0. The number of allylic oxidation sites excluding steroid dienone is 1. The summed E-state index contributed by atoms with van der Waals surface area (Å²) in [5.41, 5.74) is 0.151. The average molecular weight is 196 g/mol. The number of unbranched alkanes of at least 4 members (excludes halogenated alkanes) is 3. The Morgan fingerprint density at radius 2 is 1.86 bits per heavy atom. The molecular formula is C13H24O. The molecule has 82 valence electrons. The summed E-state index contributed by atoms with van der Waals surface area (Å²) >= 11 is 0. The highest BCUT2D eigenvalue weighted by atomic mass is 16.1. The third-order valence-corrected chi connectivity index (χ3v) is 2.09. The normalized spacial score (nSPS) is 11.4. The van der Waals surface area contributed by atoms with Crippen LogP contribution in [0.15, 0.2) is 12.7 Å². The van der Waals surface area contributed by atoms with Crippen molar-refractivity contribution in [2.24, 2.45) is 5.41 Å². The fourth-order valence-electron chi connectivity index (χ4n) is 1.47. The molecule has 0 aromatic heterocycles. The molecule has 0 rings (SSSR count). The summed E-state index contributed by atoms with van der Waals surface area (Å²) < 4.78 is 0. The third-order valence-electron chi connectivity index (χ3n) is 2.09. The lowest BCUT2D eigenvalue weighted by Crippen LogP contribution is -2.12. The van der Waals surface area contributed by atoms with Crippen LogP contribution in [0.4, 0.5) is 0 Å². The molecule has 0 aliphatic heterocycles. The van der Waals surface area contributed by atoms with Crippen molar-refractivity contribution in [3.8, 4) is 0 Å². The molecule has 0 heterocycles. The van der Waals surface area contributed by atoms with E-state index in [9.17, 15) is 4.79 Å². The van der Waals surface area contributed by atoms with Gasteiger partial charge in [-0.3, -0.25) is 4.79 Å². The standard InChI is InChI=1S/C13H24O/c1-5-6-7-8-9-10-12(14)11-13(2,3)4/h5H,1,6-11H2,2-4H3. The predicted molar refractivity (Wildman–Crippen MR) is 62.4 cm³/mol. The fourth-order valence-corrected chi connectivity index (χ4v) is 1.47. The number of hydrogen-bond donors (Lipinski definition) is 0. The first-order valence-electron chi connectivity index (χ1n) is 5.58. The second kappa shape index (κ2) is 6.80. The third kappa shape index (κ3) is 9.50. The van der Waals surface area contributed by atoms with Crippen LogP contribution < -0.4 is 0 Å². The van der Waals surface area contributed by atoms with Crippen LogP contribution in [0, 0.1) is 5.41 Å². The van der Waals surface area contributed by atoms with E-state index in [1.54, 1.807) is 0 Å². The van der Waals surface area contributed by atoms with Gasteiger partial charge in [0.25, 0.3) is 0 Å². The van der Waals surface area contributed by atoms with E-state index >= 15 is 0 Å². The fraction of sp³-hybridized carbons (Fsp3) is 0.769. The quantitative estimate of drug-likeness (QED) is 0.442. The molecule has 0 amide bonds. The van der Waals surface area contributed by atoms with Crippen molar-refractivity contribution in [1.82, 2.24) is 0 Å². The molecule has 0 saturated carbocycles. The molecule has 14 heavy (non-hydrogen) atoms. The summed E-state index contributed by atoms with van der Waals surface area (Å²) in [7, 11) is 0. The van der Waals surface area contributed by atoms with Gasteiger partial charge in [0, 0.05) is 12.8 Å². The molecule has 0 bridgehead atoms. The van der Waals surface area contributed by atoms with Crippen molar-refractivity contribution in [3.05, 3.63) is 12.7 Å². The van der Waals surface area contributed by atoms with Gasteiger partial charge >= 0.3 is 0 Å². The summed E-state index contributed by atoms with van der Waals surface area (Å²) in [4.78, 5) is 11.5. The molecule has 0 aliphatic rings. The van der Waals surface area contributed by atoms with E-state index in [1.165, 1.54) is 6.42 Å². The van der Waals surface area contributed by atoms with E-state index in [2.05, 4.69) is 27.4 Å². The van der Waals surface area contributed by atoms with Gasteiger partial charge in [0.1, 0.15) is 5.78 Å². The highest BCUT2D eigenvalue weighted by Crippen LogP contribution is 2.20. The van der Waals surface area contributed by atoms with Crippen LogP contribution in [-0.4, -0.2) is 5.78 Å². The summed E-state index contributed by atoms with van der Waals surface area (Å²) in [5.74, 6) is 0.413. The molecule has 1 nitrogen and oxygen atoms in total. The van der Waals surface area contributed by atoms with Gasteiger partial charge in [-0.2, -0.15) is 0 Å². The minimum Gasteiger partial charge on any atom is -0.300 e. The van der Waals surface area contributed by atoms with Gasteiger partial charge in [0.05, 0.1) is 0 Å². The Bertz CT molecular complexity index is 174. The Kier molecular flexibility index (Phi) is 6.52.